The number of nitriles is 1. The van der Waals surface area contributed by atoms with Crippen LogP contribution >= 0.6 is 0 Å². The number of hydrogen-bond donors (Lipinski definition) is 1. The lowest BCUT2D eigenvalue weighted by Crippen LogP contribution is -2.11. The Kier molecular flexibility index (Phi) is 4.63. The lowest BCUT2D eigenvalue weighted by molar-refractivity contribution is 0.0593. The number of anilines is 1. The molecule has 3 aromatic rings. The largest absolute Gasteiger partial charge is 0.497 e. The van der Waals surface area contributed by atoms with Crippen LogP contribution in [0.2, 0.25) is 0 Å². The zero-order valence-electron chi connectivity index (χ0n) is 14.4. The van der Waals surface area contributed by atoms with Gasteiger partial charge < -0.3 is 19.8 Å². The smallest absolute Gasteiger partial charge is 0.357 e. The first-order valence-electron chi connectivity index (χ1n) is 7.83. The third-order valence-electron chi connectivity index (χ3n) is 4.09. The minimum Gasteiger partial charge on any atom is -0.497 e. The molecule has 0 aliphatic carbocycles. The molecule has 0 spiro atoms. The molecule has 26 heavy (non-hydrogen) atoms. The van der Waals surface area contributed by atoms with Gasteiger partial charge in [0.1, 0.15) is 11.8 Å². The maximum atomic E-state index is 12.1. The van der Waals surface area contributed by atoms with Gasteiger partial charge in [0.15, 0.2) is 5.69 Å². The van der Waals surface area contributed by atoms with E-state index in [4.69, 9.17) is 15.2 Å². The summed E-state index contributed by atoms with van der Waals surface area (Å²) in [5.41, 5.74) is 9.09. The summed E-state index contributed by atoms with van der Waals surface area (Å²) in [6, 6.07) is 17.3. The number of hydrogen-bond acceptors (Lipinski definition) is 5. The third-order valence-corrected chi connectivity index (χ3v) is 4.09. The number of carbonyl (C=O) groups is 1. The van der Waals surface area contributed by atoms with Crippen molar-refractivity contribution >= 4 is 11.7 Å². The van der Waals surface area contributed by atoms with Crippen molar-refractivity contribution in [1.82, 2.24) is 4.57 Å². The molecule has 0 aliphatic rings. The highest BCUT2D eigenvalue weighted by atomic mass is 16.5. The lowest BCUT2D eigenvalue weighted by atomic mass is 10.1. The van der Waals surface area contributed by atoms with E-state index in [9.17, 15) is 10.1 Å². The Morgan fingerprint density at radius 2 is 1.85 bits per heavy atom. The molecule has 0 unspecified atom stereocenters. The second kappa shape index (κ2) is 7.03. The first-order chi connectivity index (χ1) is 12.6. The van der Waals surface area contributed by atoms with E-state index in [2.05, 4.69) is 0 Å². The van der Waals surface area contributed by atoms with Gasteiger partial charge in [-0.15, -0.1) is 0 Å². The maximum Gasteiger partial charge on any atom is 0.357 e. The van der Waals surface area contributed by atoms with E-state index in [0.717, 1.165) is 16.9 Å². The van der Waals surface area contributed by atoms with Gasteiger partial charge in [-0.05, 0) is 35.4 Å². The van der Waals surface area contributed by atoms with Gasteiger partial charge in [-0.25, -0.2) is 4.79 Å². The van der Waals surface area contributed by atoms with Gasteiger partial charge in [-0.2, -0.15) is 5.26 Å². The minimum atomic E-state index is -0.596. The fraction of sp³-hybridized carbons (Fsp3) is 0.100. The third kappa shape index (κ3) is 2.98. The van der Waals surface area contributed by atoms with E-state index in [-0.39, 0.29) is 16.9 Å². The van der Waals surface area contributed by atoms with Crippen LogP contribution in [0.4, 0.5) is 5.69 Å². The molecule has 0 atom stereocenters. The Bertz CT molecular complexity index is 998. The molecule has 0 saturated heterocycles. The molecule has 0 bridgehead atoms. The van der Waals surface area contributed by atoms with Crippen molar-refractivity contribution in [3.05, 3.63) is 66.0 Å². The summed E-state index contributed by atoms with van der Waals surface area (Å²) >= 11 is 0. The molecule has 2 aromatic carbocycles. The van der Waals surface area contributed by atoms with Crippen LogP contribution in [0.1, 0.15) is 16.1 Å². The number of nitrogen functional groups attached to an aromatic ring is 1. The standard InChI is InChI=1S/C20H17N3O3/c1-25-17-5-3-4-14(10-17)13-6-8-16(9-7-13)23-12-15(11-21)18(22)19(23)20(24)26-2/h3-10,12H,22H2,1-2H3. The van der Waals surface area contributed by atoms with Crippen LogP contribution in [0.15, 0.2) is 54.7 Å². The quantitative estimate of drug-likeness (QED) is 0.731. The molecule has 0 saturated carbocycles. The zero-order valence-corrected chi connectivity index (χ0v) is 14.4. The average Bonchev–Trinajstić information content (AvgIpc) is 3.04. The maximum absolute atomic E-state index is 12.1. The fourth-order valence-electron chi connectivity index (χ4n) is 2.74. The Balaban J connectivity index is 2.04. The van der Waals surface area contributed by atoms with E-state index < -0.39 is 5.97 Å². The molecule has 0 fully saturated rings. The van der Waals surface area contributed by atoms with E-state index >= 15 is 0 Å². The predicted molar refractivity (Wildman–Crippen MR) is 98.2 cm³/mol. The van der Waals surface area contributed by atoms with Gasteiger partial charge in [-0.3, -0.25) is 0 Å². The molecule has 0 amide bonds. The summed E-state index contributed by atoms with van der Waals surface area (Å²) in [4.78, 5) is 12.1. The van der Waals surface area contributed by atoms with Crippen molar-refractivity contribution in [3.8, 4) is 28.6 Å². The molecule has 6 heteroatoms. The second-order valence-corrected chi connectivity index (χ2v) is 5.56. The van der Waals surface area contributed by atoms with Crippen LogP contribution in [-0.2, 0) is 4.74 Å². The van der Waals surface area contributed by atoms with Crippen LogP contribution in [0.25, 0.3) is 16.8 Å². The molecule has 2 N–H and O–H groups in total. The average molecular weight is 347 g/mol. The molecule has 3 rings (SSSR count). The van der Waals surface area contributed by atoms with Crippen molar-refractivity contribution in [2.24, 2.45) is 0 Å². The minimum absolute atomic E-state index is 0.108. The summed E-state index contributed by atoms with van der Waals surface area (Å²) in [5.74, 6) is 0.178. The summed E-state index contributed by atoms with van der Waals surface area (Å²) in [6.45, 7) is 0. The van der Waals surface area contributed by atoms with Crippen LogP contribution < -0.4 is 10.5 Å². The summed E-state index contributed by atoms with van der Waals surface area (Å²) in [7, 11) is 2.90. The van der Waals surface area contributed by atoms with Crippen molar-refractivity contribution < 1.29 is 14.3 Å². The second-order valence-electron chi connectivity index (χ2n) is 5.56. The first-order valence-corrected chi connectivity index (χ1v) is 7.83. The van der Waals surface area contributed by atoms with Crippen LogP contribution in [0, 0.1) is 11.3 Å². The highest BCUT2D eigenvalue weighted by molar-refractivity contribution is 5.96. The number of rotatable bonds is 4. The number of aromatic nitrogens is 1. The van der Waals surface area contributed by atoms with Crippen LogP contribution in [0.5, 0.6) is 5.75 Å². The molecule has 0 radical (unpaired) electrons. The fourth-order valence-corrected chi connectivity index (χ4v) is 2.74. The van der Waals surface area contributed by atoms with Gasteiger partial charge in [-0.1, -0.05) is 24.3 Å². The molecule has 0 aliphatic heterocycles. The first kappa shape index (κ1) is 17.1. The Labute approximate surface area is 151 Å². The Morgan fingerprint density at radius 3 is 2.46 bits per heavy atom. The zero-order chi connectivity index (χ0) is 18.7. The molecule has 1 aromatic heterocycles. The number of methoxy groups -OCH3 is 2. The van der Waals surface area contributed by atoms with E-state index in [1.54, 1.807) is 11.7 Å². The molecule has 1 heterocycles. The van der Waals surface area contributed by atoms with Gasteiger partial charge in [0.05, 0.1) is 25.5 Å². The van der Waals surface area contributed by atoms with Crippen molar-refractivity contribution in [2.75, 3.05) is 20.0 Å². The van der Waals surface area contributed by atoms with E-state index in [1.807, 2.05) is 54.6 Å². The highest BCUT2D eigenvalue weighted by Gasteiger charge is 2.21. The topological polar surface area (TPSA) is 90.3 Å². The van der Waals surface area contributed by atoms with Crippen molar-refractivity contribution in [1.29, 1.82) is 5.26 Å². The monoisotopic (exact) mass is 347 g/mol. The van der Waals surface area contributed by atoms with Gasteiger partial charge in [0.2, 0.25) is 0 Å². The van der Waals surface area contributed by atoms with E-state index in [1.165, 1.54) is 13.3 Å². The van der Waals surface area contributed by atoms with Gasteiger partial charge in [0.25, 0.3) is 0 Å². The molecule has 6 nitrogen and oxygen atoms in total. The van der Waals surface area contributed by atoms with Crippen molar-refractivity contribution in [2.45, 2.75) is 0 Å². The van der Waals surface area contributed by atoms with E-state index in [0.29, 0.717) is 5.69 Å². The lowest BCUT2D eigenvalue weighted by Gasteiger charge is -2.10. The molecular formula is C20H17N3O3. The molecular weight excluding hydrogens is 330 g/mol. The normalized spacial score (nSPS) is 10.2. The number of carbonyl (C=O) groups excluding carboxylic acids is 1. The Hall–Kier alpha value is -3.72. The Morgan fingerprint density at radius 1 is 1.12 bits per heavy atom. The number of ether oxygens (including phenoxy) is 2. The number of esters is 1. The highest BCUT2D eigenvalue weighted by Crippen LogP contribution is 2.28. The van der Waals surface area contributed by atoms with Crippen LogP contribution in [0.3, 0.4) is 0 Å². The number of benzene rings is 2. The van der Waals surface area contributed by atoms with Crippen molar-refractivity contribution in [3.63, 3.8) is 0 Å². The van der Waals surface area contributed by atoms with Gasteiger partial charge in [0, 0.05) is 11.9 Å². The van der Waals surface area contributed by atoms with Crippen LogP contribution in [-0.4, -0.2) is 24.8 Å². The number of nitrogens with two attached hydrogens (primary N) is 1. The van der Waals surface area contributed by atoms with Gasteiger partial charge >= 0.3 is 5.97 Å². The number of nitrogens with zero attached hydrogens (tertiary/aromatic N) is 2. The SMILES string of the molecule is COC(=O)c1c(N)c(C#N)cn1-c1ccc(-c2cccc(OC)c2)cc1. The predicted octanol–water partition coefficient (Wildman–Crippen LogP) is 3.39. The summed E-state index contributed by atoms with van der Waals surface area (Å²) in [6.07, 6.45) is 1.53. The molecule has 130 valence electrons. The summed E-state index contributed by atoms with van der Waals surface area (Å²) in [5, 5.41) is 9.19. The summed E-state index contributed by atoms with van der Waals surface area (Å²) < 4.78 is 11.6.